The van der Waals surface area contributed by atoms with Crippen molar-refractivity contribution in [3.63, 3.8) is 0 Å². The van der Waals surface area contributed by atoms with Gasteiger partial charge in [0.25, 0.3) is 0 Å². The van der Waals surface area contributed by atoms with Crippen LogP contribution in [0.15, 0.2) is 0 Å². The van der Waals surface area contributed by atoms with Gasteiger partial charge in [0, 0.05) is 25.7 Å². The average Bonchev–Trinajstić information content (AvgIpc) is 2.68. The summed E-state index contributed by atoms with van der Waals surface area (Å²) in [6.45, 7) is 11.2. The highest BCUT2D eigenvalue weighted by Crippen LogP contribution is 2.20. The van der Waals surface area contributed by atoms with Gasteiger partial charge in [-0.3, -0.25) is 4.90 Å². The Balaban J connectivity index is 1.63. The topological polar surface area (TPSA) is 18.5 Å². The van der Waals surface area contributed by atoms with Crippen molar-refractivity contribution in [2.24, 2.45) is 0 Å². The summed E-state index contributed by atoms with van der Waals surface area (Å²) >= 11 is 0. The Morgan fingerprint density at radius 1 is 1.12 bits per heavy atom. The Bertz CT molecular complexity index is 208. The molecule has 0 saturated carbocycles. The fourth-order valence-corrected chi connectivity index (χ4v) is 3.15. The summed E-state index contributed by atoms with van der Waals surface area (Å²) in [7, 11) is 0. The zero-order valence-electron chi connectivity index (χ0n) is 11.5. The van der Waals surface area contributed by atoms with Gasteiger partial charge in [0.2, 0.25) is 0 Å². The first-order chi connectivity index (χ1) is 8.40. The van der Waals surface area contributed by atoms with Crippen LogP contribution >= 0.6 is 0 Å². The molecule has 2 aliphatic rings. The molecule has 17 heavy (non-hydrogen) atoms. The number of hydrogen-bond acceptors (Lipinski definition) is 3. The van der Waals surface area contributed by atoms with Crippen molar-refractivity contribution in [1.82, 2.24) is 15.1 Å². The molecule has 3 heteroatoms. The quantitative estimate of drug-likeness (QED) is 0.710. The molecule has 0 aromatic carbocycles. The van der Waals surface area contributed by atoms with E-state index in [0.717, 1.165) is 6.04 Å². The molecule has 0 bridgehead atoms. The monoisotopic (exact) mass is 239 g/mol. The van der Waals surface area contributed by atoms with E-state index in [2.05, 4.69) is 22.0 Å². The van der Waals surface area contributed by atoms with E-state index in [-0.39, 0.29) is 0 Å². The summed E-state index contributed by atoms with van der Waals surface area (Å²) < 4.78 is 0. The Morgan fingerprint density at radius 3 is 2.88 bits per heavy atom. The average molecular weight is 239 g/mol. The molecular weight excluding hydrogens is 210 g/mol. The number of unbranched alkanes of at least 4 members (excludes halogenated alkanes) is 1. The molecule has 2 rings (SSSR count). The van der Waals surface area contributed by atoms with Gasteiger partial charge in [0.1, 0.15) is 0 Å². The zero-order chi connectivity index (χ0) is 11.9. The molecule has 2 fully saturated rings. The van der Waals surface area contributed by atoms with Crippen LogP contribution in [-0.4, -0.2) is 61.7 Å². The van der Waals surface area contributed by atoms with Crippen LogP contribution in [0.5, 0.6) is 0 Å². The molecule has 1 unspecified atom stereocenters. The van der Waals surface area contributed by atoms with Gasteiger partial charge in [-0.2, -0.15) is 0 Å². The fourth-order valence-electron chi connectivity index (χ4n) is 3.15. The number of hydrogen-bond donors (Lipinski definition) is 1. The number of nitrogens with zero attached hydrogens (tertiary/aromatic N) is 2. The Kier molecular flexibility index (Phi) is 5.75. The smallest absolute Gasteiger partial charge is 0.0223 e. The fraction of sp³-hybridized carbons (Fsp3) is 1.00. The summed E-state index contributed by atoms with van der Waals surface area (Å²) in [4.78, 5) is 5.39. The lowest BCUT2D eigenvalue weighted by molar-refractivity contribution is 0.220. The van der Waals surface area contributed by atoms with Crippen molar-refractivity contribution < 1.29 is 0 Å². The summed E-state index contributed by atoms with van der Waals surface area (Å²) in [6, 6.07) is 0.869. The molecule has 2 aliphatic heterocycles. The third-order valence-electron chi connectivity index (χ3n) is 4.20. The normalized spacial score (nSPS) is 27.0. The van der Waals surface area contributed by atoms with Gasteiger partial charge in [-0.05, 0) is 51.9 Å². The van der Waals surface area contributed by atoms with E-state index in [1.807, 2.05) is 0 Å². The van der Waals surface area contributed by atoms with Crippen molar-refractivity contribution in [3.05, 3.63) is 0 Å². The maximum absolute atomic E-state index is 3.56. The van der Waals surface area contributed by atoms with Crippen molar-refractivity contribution in [2.45, 2.75) is 45.1 Å². The third kappa shape index (κ3) is 4.23. The van der Waals surface area contributed by atoms with Crippen LogP contribution in [0.25, 0.3) is 0 Å². The molecule has 3 nitrogen and oxygen atoms in total. The van der Waals surface area contributed by atoms with E-state index >= 15 is 0 Å². The minimum absolute atomic E-state index is 0.869. The molecule has 0 spiro atoms. The van der Waals surface area contributed by atoms with Crippen LogP contribution in [0.3, 0.4) is 0 Å². The largest absolute Gasteiger partial charge is 0.315 e. The lowest BCUT2D eigenvalue weighted by atomic mass is 10.2. The van der Waals surface area contributed by atoms with Crippen LogP contribution < -0.4 is 5.32 Å². The third-order valence-corrected chi connectivity index (χ3v) is 4.20. The first-order valence-electron chi connectivity index (χ1n) is 7.57. The molecule has 2 heterocycles. The molecule has 1 atom stereocenters. The van der Waals surface area contributed by atoms with E-state index in [4.69, 9.17) is 0 Å². The summed E-state index contributed by atoms with van der Waals surface area (Å²) in [6.07, 6.45) is 6.84. The highest BCUT2D eigenvalue weighted by molar-refractivity contribution is 4.84. The van der Waals surface area contributed by atoms with Crippen LogP contribution in [0, 0.1) is 0 Å². The summed E-state index contributed by atoms with van der Waals surface area (Å²) in [5, 5.41) is 3.56. The SMILES string of the molecule is CCCCNCCN1CCCN2CCCC2C1. The molecule has 0 aromatic heterocycles. The molecule has 0 amide bonds. The van der Waals surface area contributed by atoms with Gasteiger partial charge in [-0.15, -0.1) is 0 Å². The lowest BCUT2D eigenvalue weighted by Gasteiger charge is -2.25. The van der Waals surface area contributed by atoms with E-state index in [0.29, 0.717) is 0 Å². The summed E-state index contributed by atoms with van der Waals surface area (Å²) in [5.74, 6) is 0. The first-order valence-corrected chi connectivity index (χ1v) is 7.57. The van der Waals surface area contributed by atoms with Crippen molar-refractivity contribution >= 4 is 0 Å². The Labute approximate surface area is 107 Å². The van der Waals surface area contributed by atoms with Gasteiger partial charge in [0.15, 0.2) is 0 Å². The predicted molar refractivity (Wildman–Crippen MR) is 73.4 cm³/mol. The molecule has 2 saturated heterocycles. The van der Waals surface area contributed by atoms with Gasteiger partial charge in [-0.25, -0.2) is 0 Å². The van der Waals surface area contributed by atoms with Crippen molar-refractivity contribution in [2.75, 3.05) is 45.8 Å². The van der Waals surface area contributed by atoms with Crippen molar-refractivity contribution in [3.8, 4) is 0 Å². The van der Waals surface area contributed by atoms with E-state index in [1.165, 1.54) is 77.9 Å². The van der Waals surface area contributed by atoms with Crippen LogP contribution in [0.2, 0.25) is 0 Å². The number of rotatable bonds is 6. The molecule has 0 aliphatic carbocycles. The highest BCUT2D eigenvalue weighted by atomic mass is 15.3. The van der Waals surface area contributed by atoms with Gasteiger partial charge in [0.05, 0.1) is 0 Å². The van der Waals surface area contributed by atoms with E-state index < -0.39 is 0 Å². The molecule has 1 N–H and O–H groups in total. The first kappa shape index (κ1) is 13.3. The number of nitrogens with one attached hydrogen (secondary N) is 1. The second-order valence-corrected chi connectivity index (χ2v) is 5.59. The van der Waals surface area contributed by atoms with Gasteiger partial charge >= 0.3 is 0 Å². The minimum Gasteiger partial charge on any atom is -0.315 e. The van der Waals surface area contributed by atoms with E-state index in [9.17, 15) is 0 Å². The predicted octanol–water partition coefficient (Wildman–Crippen LogP) is 1.55. The van der Waals surface area contributed by atoms with Crippen LogP contribution in [0.4, 0.5) is 0 Å². The minimum atomic E-state index is 0.869. The second-order valence-electron chi connectivity index (χ2n) is 5.59. The molecule has 0 radical (unpaired) electrons. The highest BCUT2D eigenvalue weighted by Gasteiger charge is 2.28. The zero-order valence-corrected chi connectivity index (χ0v) is 11.5. The lowest BCUT2D eigenvalue weighted by Crippen LogP contribution is -2.39. The molecule has 100 valence electrons. The van der Waals surface area contributed by atoms with Crippen LogP contribution in [0.1, 0.15) is 39.0 Å². The van der Waals surface area contributed by atoms with Gasteiger partial charge < -0.3 is 10.2 Å². The molecular formula is C14H29N3. The second kappa shape index (κ2) is 7.34. The van der Waals surface area contributed by atoms with Crippen LogP contribution in [-0.2, 0) is 0 Å². The van der Waals surface area contributed by atoms with E-state index in [1.54, 1.807) is 0 Å². The van der Waals surface area contributed by atoms with Gasteiger partial charge in [-0.1, -0.05) is 13.3 Å². The Hall–Kier alpha value is -0.120. The maximum Gasteiger partial charge on any atom is 0.0223 e. The maximum atomic E-state index is 3.56. The molecule has 0 aromatic rings. The number of fused-ring (bicyclic) bond motifs is 1. The summed E-state index contributed by atoms with van der Waals surface area (Å²) in [5.41, 5.74) is 0. The Morgan fingerprint density at radius 2 is 2.00 bits per heavy atom. The standard InChI is InChI=1S/C14H29N3/c1-2-3-7-15-8-12-16-9-5-11-17-10-4-6-14(17)13-16/h14-15H,2-13H2,1H3. The van der Waals surface area contributed by atoms with Crippen molar-refractivity contribution in [1.29, 1.82) is 0 Å².